The Kier molecular flexibility index (Phi) is 4.96. The molecule has 0 aliphatic heterocycles. The molecule has 0 fully saturated rings. The molecule has 0 spiro atoms. The van der Waals surface area contributed by atoms with Crippen LogP contribution in [0.15, 0.2) is 41.8 Å². The van der Waals surface area contributed by atoms with Gasteiger partial charge in [0, 0.05) is 16.4 Å². The molecule has 0 bridgehead atoms. The summed E-state index contributed by atoms with van der Waals surface area (Å²) in [5.41, 5.74) is 0.969. The van der Waals surface area contributed by atoms with Crippen LogP contribution in [0.2, 0.25) is 5.02 Å². The molecular weight excluding hydrogens is 282 g/mol. The minimum Gasteiger partial charge on any atom is -0.481 e. The molecule has 1 heterocycles. The van der Waals surface area contributed by atoms with E-state index < -0.39 is 5.97 Å². The van der Waals surface area contributed by atoms with E-state index in [9.17, 15) is 4.79 Å². The molecule has 5 heteroatoms. The van der Waals surface area contributed by atoms with Gasteiger partial charge in [0.15, 0.2) is 0 Å². The third-order valence-corrected chi connectivity index (χ3v) is 4.12. The maximum atomic E-state index is 10.9. The highest BCUT2D eigenvalue weighted by Crippen LogP contribution is 2.23. The van der Waals surface area contributed by atoms with Gasteiger partial charge in [0.25, 0.3) is 0 Å². The molecule has 0 aliphatic rings. The van der Waals surface area contributed by atoms with Crippen molar-refractivity contribution in [2.75, 3.05) is 0 Å². The van der Waals surface area contributed by atoms with Crippen molar-refractivity contribution < 1.29 is 9.90 Å². The quantitative estimate of drug-likeness (QED) is 0.854. The lowest BCUT2D eigenvalue weighted by atomic mass is 10.1. The Morgan fingerprint density at radius 1 is 1.32 bits per heavy atom. The molecule has 3 nitrogen and oxygen atoms in total. The summed E-state index contributed by atoms with van der Waals surface area (Å²) in [7, 11) is 0. The number of nitrogens with one attached hydrogen (secondary N) is 1. The number of rotatable bonds is 6. The van der Waals surface area contributed by atoms with Gasteiger partial charge in [-0.3, -0.25) is 4.79 Å². The molecule has 0 amide bonds. The zero-order valence-electron chi connectivity index (χ0n) is 10.2. The average Bonchev–Trinajstić information content (AvgIpc) is 2.89. The fraction of sp³-hybridized carbons (Fsp3) is 0.214. The second kappa shape index (κ2) is 6.70. The van der Waals surface area contributed by atoms with Crippen molar-refractivity contribution in [1.82, 2.24) is 5.32 Å². The molecule has 100 valence electrons. The monoisotopic (exact) mass is 295 g/mol. The molecule has 2 rings (SSSR count). The van der Waals surface area contributed by atoms with Crippen LogP contribution in [0.1, 0.15) is 22.9 Å². The SMILES string of the molecule is O=C(O)CC(NCc1ccccc1Cl)c1cccs1. The lowest BCUT2D eigenvalue weighted by Gasteiger charge is -2.16. The number of benzene rings is 1. The predicted octanol–water partition coefficient (Wildman–Crippen LogP) is 3.71. The standard InChI is InChI=1S/C14H14ClNO2S/c15-11-5-2-1-4-10(11)9-16-12(8-14(17)18)13-6-3-7-19-13/h1-7,12,16H,8-9H2,(H,17,18). The molecule has 1 aromatic carbocycles. The van der Waals surface area contributed by atoms with Gasteiger partial charge in [-0.25, -0.2) is 0 Å². The molecule has 2 N–H and O–H groups in total. The molecule has 0 saturated heterocycles. The fourth-order valence-corrected chi connectivity index (χ4v) is 2.82. The van der Waals surface area contributed by atoms with Gasteiger partial charge in [0.2, 0.25) is 0 Å². The topological polar surface area (TPSA) is 49.3 Å². The number of aliphatic carboxylic acids is 1. The van der Waals surface area contributed by atoms with Crippen molar-refractivity contribution >= 4 is 28.9 Å². The van der Waals surface area contributed by atoms with E-state index in [2.05, 4.69) is 5.32 Å². The second-order valence-electron chi connectivity index (χ2n) is 4.14. The van der Waals surface area contributed by atoms with Crippen LogP contribution in [-0.4, -0.2) is 11.1 Å². The Labute approximate surface area is 120 Å². The summed E-state index contributed by atoms with van der Waals surface area (Å²) in [5.74, 6) is -0.815. The van der Waals surface area contributed by atoms with E-state index in [4.69, 9.17) is 16.7 Å². The number of halogens is 1. The first kappa shape index (κ1) is 14.1. The molecule has 1 unspecified atom stereocenters. The predicted molar refractivity (Wildman–Crippen MR) is 77.6 cm³/mol. The van der Waals surface area contributed by atoms with Crippen LogP contribution < -0.4 is 5.32 Å². The van der Waals surface area contributed by atoms with Crippen molar-refractivity contribution in [2.45, 2.75) is 19.0 Å². The van der Waals surface area contributed by atoms with E-state index in [1.807, 2.05) is 41.8 Å². The number of hydrogen-bond acceptors (Lipinski definition) is 3. The van der Waals surface area contributed by atoms with Gasteiger partial charge in [0.1, 0.15) is 0 Å². The first-order chi connectivity index (χ1) is 9.16. The third kappa shape index (κ3) is 4.06. The first-order valence-corrected chi connectivity index (χ1v) is 7.14. The Morgan fingerprint density at radius 2 is 2.11 bits per heavy atom. The van der Waals surface area contributed by atoms with Crippen molar-refractivity contribution in [2.24, 2.45) is 0 Å². The highest BCUT2D eigenvalue weighted by Gasteiger charge is 2.16. The minimum atomic E-state index is -0.815. The number of carboxylic acid groups (broad SMARTS) is 1. The van der Waals surface area contributed by atoms with Gasteiger partial charge in [-0.1, -0.05) is 35.9 Å². The highest BCUT2D eigenvalue weighted by molar-refractivity contribution is 7.10. The summed E-state index contributed by atoms with van der Waals surface area (Å²) in [6.07, 6.45) is 0.0605. The van der Waals surface area contributed by atoms with Crippen LogP contribution in [0.25, 0.3) is 0 Å². The van der Waals surface area contributed by atoms with Gasteiger partial charge in [0.05, 0.1) is 12.5 Å². The van der Waals surface area contributed by atoms with Crippen molar-refractivity contribution in [3.8, 4) is 0 Å². The van der Waals surface area contributed by atoms with Gasteiger partial charge < -0.3 is 10.4 Å². The van der Waals surface area contributed by atoms with E-state index in [1.165, 1.54) is 0 Å². The van der Waals surface area contributed by atoms with Gasteiger partial charge in [-0.05, 0) is 23.1 Å². The van der Waals surface area contributed by atoms with Gasteiger partial charge >= 0.3 is 5.97 Å². The van der Waals surface area contributed by atoms with E-state index in [-0.39, 0.29) is 12.5 Å². The zero-order valence-corrected chi connectivity index (χ0v) is 11.7. The summed E-state index contributed by atoms with van der Waals surface area (Å²) in [6.45, 7) is 0.551. The summed E-state index contributed by atoms with van der Waals surface area (Å²) < 4.78 is 0. The average molecular weight is 296 g/mol. The van der Waals surface area contributed by atoms with Crippen LogP contribution in [0.3, 0.4) is 0 Å². The third-order valence-electron chi connectivity index (χ3n) is 2.76. The van der Waals surface area contributed by atoms with Crippen molar-refractivity contribution in [3.05, 3.63) is 57.2 Å². The summed E-state index contributed by atoms with van der Waals surface area (Å²) in [5, 5.41) is 14.9. The Balaban J connectivity index is 2.05. The van der Waals surface area contributed by atoms with Crippen LogP contribution in [0, 0.1) is 0 Å². The fourth-order valence-electron chi connectivity index (χ4n) is 1.81. The van der Waals surface area contributed by atoms with Crippen molar-refractivity contribution in [3.63, 3.8) is 0 Å². The lowest BCUT2D eigenvalue weighted by molar-refractivity contribution is -0.137. The zero-order chi connectivity index (χ0) is 13.7. The maximum absolute atomic E-state index is 10.9. The summed E-state index contributed by atoms with van der Waals surface area (Å²) in [6, 6.07) is 11.2. The Bertz CT molecular complexity index is 542. The van der Waals surface area contributed by atoms with Crippen LogP contribution in [-0.2, 0) is 11.3 Å². The number of carboxylic acids is 1. The normalized spacial score (nSPS) is 12.3. The Hall–Kier alpha value is -1.36. The van der Waals surface area contributed by atoms with Crippen molar-refractivity contribution in [1.29, 1.82) is 0 Å². The lowest BCUT2D eigenvalue weighted by Crippen LogP contribution is -2.22. The van der Waals surface area contributed by atoms with E-state index in [0.29, 0.717) is 11.6 Å². The molecule has 1 aromatic heterocycles. The number of hydrogen-bond donors (Lipinski definition) is 2. The summed E-state index contributed by atoms with van der Waals surface area (Å²) in [4.78, 5) is 11.9. The van der Waals surface area contributed by atoms with Gasteiger partial charge in [-0.2, -0.15) is 0 Å². The summed E-state index contributed by atoms with van der Waals surface area (Å²) >= 11 is 7.64. The largest absolute Gasteiger partial charge is 0.481 e. The maximum Gasteiger partial charge on any atom is 0.305 e. The van der Waals surface area contributed by atoms with Crippen LogP contribution >= 0.6 is 22.9 Å². The Morgan fingerprint density at radius 3 is 2.74 bits per heavy atom. The molecule has 0 radical (unpaired) electrons. The molecular formula is C14H14ClNO2S. The number of thiophene rings is 1. The molecule has 0 saturated carbocycles. The highest BCUT2D eigenvalue weighted by atomic mass is 35.5. The van der Waals surface area contributed by atoms with E-state index in [0.717, 1.165) is 10.4 Å². The van der Waals surface area contributed by atoms with E-state index in [1.54, 1.807) is 11.3 Å². The molecule has 2 aromatic rings. The first-order valence-electron chi connectivity index (χ1n) is 5.89. The number of carbonyl (C=O) groups is 1. The molecule has 1 atom stereocenters. The van der Waals surface area contributed by atoms with Crippen LogP contribution in [0.4, 0.5) is 0 Å². The van der Waals surface area contributed by atoms with E-state index >= 15 is 0 Å². The minimum absolute atomic E-state index is 0.0605. The van der Waals surface area contributed by atoms with Gasteiger partial charge in [-0.15, -0.1) is 11.3 Å². The van der Waals surface area contributed by atoms with Crippen LogP contribution in [0.5, 0.6) is 0 Å². The second-order valence-corrected chi connectivity index (χ2v) is 5.52. The smallest absolute Gasteiger partial charge is 0.305 e. The molecule has 19 heavy (non-hydrogen) atoms. The molecule has 0 aliphatic carbocycles.